The molecule has 0 aliphatic carbocycles. The molecule has 0 saturated heterocycles. The molecule has 314 valence electrons. The van der Waals surface area contributed by atoms with E-state index in [2.05, 4.69) is 50.3 Å². The van der Waals surface area contributed by atoms with Gasteiger partial charge in [0.05, 0.1) is 33.9 Å². The molecule has 2 N–H and O–H groups in total. The summed E-state index contributed by atoms with van der Waals surface area (Å²) in [6.45, 7) is 4.03. The van der Waals surface area contributed by atoms with Gasteiger partial charge >= 0.3 is 19.8 Å². The van der Waals surface area contributed by atoms with Crippen molar-refractivity contribution in [2.45, 2.75) is 135 Å². The third kappa shape index (κ3) is 39.2. The van der Waals surface area contributed by atoms with Gasteiger partial charge in [-0.05, 0) is 64.2 Å². The second-order valence-electron chi connectivity index (χ2n) is 14.5. The maximum absolute atomic E-state index is 12.6. The maximum Gasteiger partial charge on any atom is 0.472 e. The summed E-state index contributed by atoms with van der Waals surface area (Å²) in [4.78, 5) is 35.2. The highest BCUT2D eigenvalue weighted by Gasteiger charge is 2.27. The molecule has 0 saturated carbocycles. The fourth-order valence-corrected chi connectivity index (χ4v) is 5.49. The van der Waals surface area contributed by atoms with Crippen LogP contribution in [0.4, 0.5) is 0 Å². The molecule has 0 heterocycles. The Morgan fingerprint density at radius 1 is 0.673 bits per heavy atom. The van der Waals surface area contributed by atoms with Crippen LogP contribution in [0.25, 0.3) is 0 Å². The zero-order valence-electron chi connectivity index (χ0n) is 34.7. The molecular formula is C44H75NO9P+. The molecule has 10 nitrogen and oxygen atoms in total. The van der Waals surface area contributed by atoms with E-state index in [1.165, 1.54) is 12.8 Å². The normalized spacial score (nSPS) is 15.1. The van der Waals surface area contributed by atoms with Crippen LogP contribution in [0.15, 0.2) is 85.1 Å². The smallest absolute Gasteiger partial charge is 0.462 e. The van der Waals surface area contributed by atoms with Gasteiger partial charge < -0.3 is 24.0 Å². The minimum atomic E-state index is -4.40. The first-order valence-corrected chi connectivity index (χ1v) is 21.9. The number of likely N-dealkylation sites (N-methyl/N-ethyl adjacent to an activating group) is 1. The van der Waals surface area contributed by atoms with Gasteiger partial charge in [-0.2, -0.15) is 0 Å². The number of phosphoric ester groups is 1. The fraction of sp³-hybridized carbons (Fsp3) is 0.636. The number of carbonyl (C=O) groups is 2. The van der Waals surface area contributed by atoms with Gasteiger partial charge in [-0.3, -0.25) is 18.6 Å². The zero-order chi connectivity index (χ0) is 40.9. The lowest BCUT2D eigenvalue weighted by Crippen LogP contribution is -2.37. The third-order valence-electron chi connectivity index (χ3n) is 8.00. The molecule has 0 rings (SSSR count). The molecule has 0 aromatic rings. The lowest BCUT2D eigenvalue weighted by atomic mass is 10.1. The van der Waals surface area contributed by atoms with Gasteiger partial charge in [0.25, 0.3) is 0 Å². The lowest BCUT2D eigenvalue weighted by molar-refractivity contribution is -0.870. The van der Waals surface area contributed by atoms with Crippen LogP contribution in [0.1, 0.15) is 123 Å². The summed E-state index contributed by atoms with van der Waals surface area (Å²) in [6.07, 6.45) is 41.3. The van der Waals surface area contributed by atoms with E-state index in [1.807, 2.05) is 63.7 Å². The summed E-state index contributed by atoms with van der Waals surface area (Å²) >= 11 is 0. The summed E-state index contributed by atoms with van der Waals surface area (Å²) in [7, 11) is 1.39. The van der Waals surface area contributed by atoms with E-state index in [9.17, 15) is 24.2 Å². The van der Waals surface area contributed by atoms with Crippen molar-refractivity contribution >= 4 is 19.8 Å². The minimum Gasteiger partial charge on any atom is -0.462 e. The van der Waals surface area contributed by atoms with E-state index in [0.29, 0.717) is 30.3 Å². The molecule has 3 atom stereocenters. The van der Waals surface area contributed by atoms with Crippen molar-refractivity contribution in [1.29, 1.82) is 0 Å². The van der Waals surface area contributed by atoms with Gasteiger partial charge in [-0.1, -0.05) is 131 Å². The van der Waals surface area contributed by atoms with Crippen LogP contribution in [-0.2, 0) is 32.7 Å². The number of aliphatic hydroxyl groups excluding tert-OH is 1. The molecule has 55 heavy (non-hydrogen) atoms. The van der Waals surface area contributed by atoms with Crippen LogP contribution in [0.3, 0.4) is 0 Å². The van der Waals surface area contributed by atoms with E-state index in [4.69, 9.17) is 18.5 Å². The standard InChI is InChI=1S/C44H74NO9P/c1-6-8-10-11-12-13-17-22-25-28-32-36-44(48)54-42(40-53-55(49,50)52-38-37-45(3,4)5)39-51-43(47)35-31-27-24-21-19-16-14-15-18-20-23-26-30-34-41(46)33-29-9-7-2/h9,11-12,15-16,18-19,23-24,26-27,29-30,34,41-42,46H,6-8,10,13-14,17,20-22,25,28,31-33,35-40H2,1-5H3/p+1/b12-11-,18-15-,19-16-,26-23+,27-24-,29-9-,34-30+/t41?,42-/m1/s1. The topological polar surface area (TPSA) is 129 Å². The number of nitrogens with zero attached hydrogens (tertiary/aromatic N) is 1. The maximum atomic E-state index is 12.6. The van der Waals surface area contributed by atoms with Crippen molar-refractivity contribution in [3.05, 3.63) is 85.1 Å². The molecule has 0 radical (unpaired) electrons. The second-order valence-corrected chi connectivity index (χ2v) is 15.9. The van der Waals surface area contributed by atoms with Crippen LogP contribution < -0.4 is 0 Å². The van der Waals surface area contributed by atoms with Gasteiger partial charge in [-0.15, -0.1) is 0 Å². The number of carbonyl (C=O) groups excluding carboxylic acids is 2. The number of unbranched alkanes of at least 4 members (excludes halogenated alkanes) is 7. The Balaban J connectivity index is 4.56. The van der Waals surface area contributed by atoms with Gasteiger partial charge in [0.2, 0.25) is 0 Å². The van der Waals surface area contributed by atoms with Crippen LogP contribution in [0, 0.1) is 0 Å². The molecule has 0 spiro atoms. The van der Waals surface area contributed by atoms with E-state index < -0.39 is 38.6 Å². The van der Waals surface area contributed by atoms with Crippen molar-refractivity contribution in [2.75, 3.05) is 47.5 Å². The highest BCUT2D eigenvalue weighted by molar-refractivity contribution is 7.47. The number of phosphoric acid groups is 1. The summed E-state index contributed by atoms with van der Waals surface area (Å²) < 4.78 is 34.1. The Morgan fingerprint density at radius 2 is 1.29 bits per heavy atom. The number of esters is 2. The molecule has 0 fully saturated rings. The van der Waals surface area contributed by atoms with Gasteiger partial charge in [0, 0.05) is 12.8 Å². The van der Waals surface area contributed by atoms with Crippen molar-refractivity contribution < 1.29 is 47.2 Å². The molecule has 2 unspecified atom stereocenters. The average Bonchev–Trinajstić information content (AvgIpc) is 3.12. The highest BCUT2D eigenvalue weighted by Crippen LogP contribution is 2.43. The number of allylic oxidation sites excluding steroid dienone is 12. The van der Waals surface area contributed by atoms with Gasteiger partial charge in [-0.25, -0.2) is 4.57 Å². The number of aliphatic hydroxyl groups is 1. The Morgan fingerprint density at radius 3 is 1.96 bits per heavy atom. The Labute approximate surface area is 333 Å². The molecule has 0 bridgehead atoms. The highest BCUT2D eigenvalue weighted by atomic mass is 31.2. The Hall–Kier alpha value is -2.85. The van der Waals surface area contributed by atoms with E-state index in [-0.39, 0.29) is 26.1 Å². The summed E-state index contributed by atoms with van der Waals surface area (Å²) in [5.41, 5.74) is 0. The zero-order valence-corrected chi connectivity index (χ0v) is 35.6. The summed E-state index contributed by atoms with van der Waals surface area (Å²) in [6, 6.07) is 0. The molecule has 0 aromatic heterocycles. The van der Waals surface area contributed by atoms with Crippen LogP contribution in [0.5, 0.6) is 0 Å². The van der Waals surface area contributed by atoms with E-state index in [0.717, 1.165) is 64.2 Å². The van der Waals surface area contributed by atoms with Gasteiger partial charge in [0.15, 0.2) is 6.10 Å². The average molecular weight is 793 g/mol. The number of hydrogen-bond acceptors (Lipinski definition) is 8. The predicted molar refractivity (Wildman–Crippen MR) is 225 cm³/mol. The van der Waals surface area contributed by atoms with Crippen molar-refractivity contribution in [3.63, 3.8) is 0 Å². The van der Waals surface area contributed by atoms with Crippen LogP contribution in [0.2, 0.25) is 0 Å². The number of ether oxygens (including phenoxy) is 2. The fourth-order valence-electron chi connectivity index (χ4n) is 4.75. The van der Waals surface area contributed by atoms with E-state index >= 15 is 0 Å². The number of quaternary nitrogens is 1. The largest absolute Gasteiger partial charge is 0.472 e. The minimum absolute atomic E-state index is 0.00781. The predicted octanol–water partition coefficient (Wildman–Crippen LogP) is 10.2. The Bertz CT molecular complexity index is 1230. The lowest BCUT2D eigenvalue weighted by Gasteiger charge is -2.24. The Kier molecular flexibility index (Phi) is 33.7. The molecule has 11 heteroatoms. The summed E-state index contributed by atoms with van der Waals surface area (Å²) in [5.74, 6) is -0.940. The SMILES string of the molecule is CC/C=C\CC(O)/C=C/C=C/C/C=C\C/C=C\C/C=C\CCC(=O)OC[C@H](COP(=O)(O)OCC[N+](C)(C)C)OC(=O)CCCCCCC/C=C\CCCC. The molecule has 0 aliphatic heterocycles. The molecule has 0 aromatic carbocycles. The monoisotopic (exact) mass is 793 g/mol. The van der Waals surface area contributed by atoms with Crippen molar-refractivity contribution in [2.24, 2.45) is 0 Å². The van der Waals surface area contributed by atoms with Crippen LogP contribution in [-0.4, -0.2) is 86.1 Å². The number of rotatable bonds is 35. The van der Waals surface area contributed by atoms with E-state index in [1.54, 1.807) is 6.08 Å². The summed E-state index contributed by atoms with van der Waals surface area (Å²) in [5, 5.41) is 9.83. The molecule has 0 aliphatic rings. The first-order chi connectivity index (χ1) is 26.4. The number of hydrogen-bond donors (Lipinski definition) is 2. The third-order valence-corrected chi connectivity index (χ3v) is 8.99. The second kappa shape index (κ2) is 35.6. The van der Waals surface area contributed by atoms with Gasteiger partial charge in [0.1, 0.15) is 19.8 Å². The molecular weight excluding hydrogens is 717 g/mol. The van der Waals surface area contributed by atoms with Crippen LogP contribution >= 0.6 is 7.82 Å². The van der Waals surface area contributed by atoms with Crippen molar-refractivity contribution in [1.82, 2.24) is 0 Å². The molecule has 0 amide bonds. The van der Waals surface area contributed by atoms with Crippen molar-refractivity contribution in [3.8, 4) is 0 Å². The first kappa shape index (κ1) is 52.2. The first-order valence-electron chi connectivity index (χ1n) is 20.4. The quantitative estimate of drug-likeness (QED) is 0.0161.